The monoisotopic (exact) mass is 407 g/mol. The van der Waals surface area contributed by atoms with E-state index < -0.39 is 5.54 Å². The summed E-state index contributed by atoms with van der Waals surface area (Å²) < 4.78 is 13.2. The molecule has 30 heavy (non-hydrogen) atoms. The fraction of sp³-hybridized carbons (Fsp3) is 0.417. The minimum Gasteiger partial charge on any atom is -0.319 e. The Bertz CT molecular complexity index is 1000. The third kappa shape index (κ3) is 3.39. The molecule has 156 valence electrons. The average Bonchev–Trinajstić information content (AvgIpc) is 3.43. The molecule has 2 aliphatic carbocycles. The molecule has 1 unspecified atom stereocenters. The summed E-state index contributed by atoms with van der Waals surface area (Å²) in [5.74, 6) is -0.480. The van der Waals surface area contributed by atoms with Gasteiger partial charge in [-0.25, -0.2) is 14.1 Å². The van der Waals surface area contributed by atoms with Crippen molar-refractivity contribution in [2.45, 2.75) is 57.2 Å². The Morgan fingerprint density at radius 3 is 2.57 bits per heavy atom. The lowest BCUT2D eigenvalue weighted by atomic mass is 9.90. The molecule has 0 radical (unpaired) electrons. The number of hydrogen-bond acceptors (Lipinski definition) is 3. The van der Waals surface area contributed by atoms with Gasteiger partial charge in [-0.05, 0) is 73.4 Å². The summed E-state index contributed by atoms with van der Waals surface area (Å²) >= 11 is 0. The number of benzene rings is 2. The van der Waals surface area contributed by atoms with Crippen molar-refractivity contribution >= 4 is 11.9 Å². The minimum atomic E-state index is -1.04. The van der Waals surface area contributed by atoms with E-state index in [-0.39, 0.29) is 24.4 Å². The summed E-state index contributed by atoms with van der Waals surface area (Å²) in [5.41, 5.74) is 3.40. The zero-order chi connectivity index (χ0) is 20.9. The molecule has 5 nitrogen and oxygen atoms in total. The molecule has 1 saturated carbocycles. The number of imide groups is 1. The van der Waals surface area contributed by atoms with E-state index in [1.165, 1.54) is 28.2 Å². The topological polar surface area (TPSA) is 52.7 Å². The highest BCUT2D eigenvalue weighted by atomic mass is 19.1. The van der Waals surface area contributed by atoms with Crippen LogP contribution in [0.15, 0.2) is 42.5 Å². The zero-order valence-electron chi connectivity index (χ0n) is 17.2. The van der Waals surface area contributed by atoms with Crippen molar-refractivity contribution in [2.24, 2.45) is 0 Å². The van der Waals surface area contributed by atoms with Crippen molar-refractivity contribution in [3.8, 4) is 0 Å². The van der Waals surface area contributed by atoms with Crippen LogP contribution in [0, 0.1) is 5.82 Å². The van der Waals surface area contributed by atoms with Gasteiger partial charge in [0.2, 0.25) is 0 Å². The van der Waals surface area contributed by atoms with Crippen LogP contribution in [0.25, 0.3) is 0 Å². The van der Waals surface area contributed by atoms with E-state index in [1.807, 2.05) is 6.07 Å². The number of fused-ring (bicyclic) bond motifs is 1. The Morgan fingerprint density at radius 2 is 1.83 bits per heavy atom. The molecule has 3 aliphatic rings. The van der Waals surface area contributed by atoms with Gasteiger partial charge in [0.05, 0.1) is 6.67 Å². The van der Waals surface area contributed by atoms with Crippen LogP contribution in [0.3, 0.4) is 0 Å². The largest absolute Gasteiger partial charge is 0.326 e. The summed E-state index contributed by atoms with van der Waals surface area (Å²) in [6, 6.07) is 12.5. The second kappa shape index (κ2) is 7.20. The summed E-state index contributed by atoms with van der Waals surface area (Å²) in [5, 5.41) is 2.93. The minimum absolute atomic E-state index is 0.213. The summed E-state index contributed by atoms with van der Waals surface area (Å²) in [7, 11) is 0. The van der Waals surface area contributed by atoms with Gasteiger partial charge in [0.25, 0.3) is 5.91 Å². The third-order valence-electron chi connectivity index (χ3n) is 6.64. The predicted molar refractivity (Wildman–Crippen MR) is 111 cm³/mol. The van der Waals surface area contributed by atoms with E-state index in [0.29, 0.717) is 12.6 Å². The number of nitrogens with one attached hydrogen (secondary N) is 1. The van der Waals surface area contributed by atoms with Crippen LogP contribution in [0.1, 0.15) is 48.4 Å². The number of carbonyl (C=O) groups excluding carboxylic acids is 2. The molecule has 0 spiro atoms. The van der Waals surface area contributed by atoms with E-state index in [4.69, 9.17) is 0 Å². The highest BCUT2D eigenvalue weighted by Crippen LogP contribution is 2.34. The molecule has 1 N–H and O–H groups in total. The van der Waals surface area contributed by atoms with Crippen LogP contribution in [-0.4, -0.2) is 34.4 Å². The molecular formula is C24H26FN3O2. The Morgan fingerprint density at radius 1 is 1.10 bits per heavy atom. The Balaban J connectivity index is 1.36. The molecule has 1 saturated heterocycles. The van der Waals surface area contributed by atoms with E-state index in [0.717, 1.165) is 43.2 Å². The summed E-state index contributed by atoms with van der Waals surface area (Å²) in [4.78, 5) is 29.6. The van der Waals surface area contributed by atoms with Crippen molar-refractivity contribution in [3.05, 3.63) is 70.5 Å². The van der Waals surface area contributed by atoms with Crippen LogP contribution in [-0.2, 0) is 29.7 Å². The van der Waals surface area contributed by atoms with E-state index in [2.05, 4.69) is 22.3 Å². The Hall–Kier alpha value is -2.73. The van der Waals surface area contributed by atoms with E-state index in [9.17, 15) is 14.0 Å². The van der Waals surface area contributed by atoms with Gasteiger partial charge in [-0.2, -0.15) is 0 Å². The standard InChI is InChI=1S/C24H26FN3O2/c1-24(19-8-7-17-3-2-4-18(17)13-19)22(29)28(23(30)26-24)15-27(21-11-12-21)14-16-5-9-20(25)10-6-16/h5-10,13,21H,2-4,11-12,14-15H2,1H3,(H,26,30). The van der Waals surface area contributed by atoms with Crippen molar-refractivity contribution in [2.75, 3.05) is 6.67 Å². The second-order valence-electron chi connectivity index (χ2n) is 8.87. The number of urea groups is 1. The maximum atomic E-state index is 13.4. The molecule has 3 amide bonds. The molecule has 0 aromatic heterocycles. The maximum absolute atomic E-state index is 13.4. The third-order valence-corrected chi connectivity index (χ3v) is 6.64. The Kier molecular flexibility index (Phi) is 4.62. The fourth-order valence-corrected chi connectivity index (χ4v) is 4.64. The van der Waals surface area contributed by atoms with Crippen LogP contribution in [0.5, 0.6) is 0 Å². The van der Waals surface area contributed by atoms with Crippen LogP contribution in [0.4, 0.5) is 9.18 Å². The first-order valence-corrected chi connectivity index (χ1v) is 10.7. The molecule has 2 fully saturated rings. The number of rotatable bonds is 6. The normalized spacial score (nSPS) is 23.2. The van der Waals surface area contributed by atoms with Crippen molar-refractivity contribution in [1.82, 2.24) is 15.1 Å². The molecule has 2 aromatic carbocycles. The van der Waals surface area contributed by atoms with Gasteiger partial charge in [-0.15, -0.1) is 0 Å². The molecule has 6 heteroatoms. The van der Waals surface area contributed by atoms with Gasteiger partial charge in [-0.1, -0.05) is 30.3 Å². The van der Waals surface area contributed by atoms with Gasteiger partial charge in [0, 0.05) is 12.6 Å². The summed E-state index contributed by atoms with van der Waals surface area (Å²) in [6.45, 7) is 2.62. The first-order valence-electron chi connectivity index (χ1n) is 10.7. The number of aryl methyl sites for hydroxylation is 2. The predicted octanol–water partition coefficient (Wildman–Crippen LogP) is 3.70. The maximum Gasteiger partial charge on any atom is 0.326 e. The fourth-order valence-electron chi connectivity index (χ4n) is 4.64. The van der Waals surface area contributed by atoms with E-state index >= 15 is 0 Å². The van der Waals surface area contributed by atoms with Crippen LogP contribution < -0.4 is 5.32 Å². The van der Waals surface area contributed by atoms with Gasteiger partial charge in [0.15, 0.2) is 0 Å². The van der Waals surface area contributed by atoms with Gasteiger partial charge in [-0.3, -0.25) is 9.69 Å². The van der Waals surface area contributed by atoms with Crippen LogP contribution in [0.2, 0.25) is 0 Å². The lowest BCUT2D eigenvalue weighted by molar-refractivity contribution is -0.132. The van der Waals surface area contributed by atoms with Crippen molar-refractivity contribution in [3.63, 3.8) is 0 Å². The number of halogens is 1. The van der Waals surface area contributed by atoms with Gasteiger partial charge >= 0.3 is 6.03 Å². The molecule has 0 bridgehead atoms. The molecule has 1 atom stereocenters. The molecular weight excluding hydrogens is 381 g/mol. The molecule has 2 aromatic rings. The number of amides is 3. The van der Waals surface area contributed by atoms with Gasteiger partial charge < -0.3 is 5.32 Å². The molecule has 5 rings (SSSR count). The molecule has 1 heterocycles. The Labute approximate surface area is 175 Å². The molecule has 1 aliphatic heterocycles. The number of carbonyl (C=O) groups is 2. The number of hydrogen-bond donors (Lipinski definition) is 1. The first-order chi connectivity index (χ1) is 14.4. The average molecular weight is 407 g/mol. The zero-order valence-corrected chi connectivity index (χ0v) is 17.2. The lowest BCUT2D eigenvalue weighted by Crippen LogP contribution is -2.44. The van der Waals surface area contributed by atoms with Crippen molar-refractivity contribution in [1.29, 1.82) is 0 Å². The van der Waals surface area contributed by atoms with E-state index in [1.54, 1.807) is 19.1 Å². The first kappa shape index (κ1) is 19.2. The second-order valence-corrected chi connectivity index (χ2v) is 8.87. The summed E-state index contributed by atoms with van der Waals surface area (Å²) in [6.07, 6.45) is 5.35. The van der Waals surface area contributed by atoms with Crippen LogP contribution >= 0.6 is 0 Å². The highest BCUT2D eigenvalue weighted by Gasteiger charge is 2.50. The SMILES string of the molecule is CC1(c2ccc3c(c2)CCC3)NC(=O)N(CN(Cc2ccc(F)cc2)C2CC2)C1=O. The quantitative estimate of drug-likeness (QED) is 0.743. The lowest BCUT2D eigenvalue weighted by Gasteiger charge is -2.27. The smallest absolute Gasteiger partial charge is 0.319 e. The highest BCUT2D eigenvalue weighted by molar-refractivity contribution is 6.07. The number of nitrogens with zero attached hydrogens (tertiary/aromatic N) is 2. The van der Waals surface area contributed by atoms with Gasteiger partial charge in [0.1, 0.15) is 11.4 Å². The van der Waals surface area contributed by atoms with Crippen molar-refractivity contribution < 1.29 is 14.0 Å².